The molecular formula is C31H48N2O29S2. The van der Waals surface area contributed by atoms with Crippen molar-refractivity contribution in [2.75, 3.05) is 19.8 Å². The highest BCUT2D eigenvalue weighted by Crippen LogP contribution is 2.35. The summed E-state index contributed by atoms with van der Waals surface area (Å²) in [4.78, 5) is 49.2. The van der Waals surface area contributed by atoms with Crippen LogP contribution < -0.4 is 10.6 Å². The van der Waals surface area contributed by atoms with E-state index in [1.165, 1.54) is 6.08 Å². The maximum Gasteiger partial charge on any atom is 0.397 e. The molecule has 31 nitrogen and oxygen atoms in total. The number of hydrogen-bond donors (Lipinski definition) is 13. The highest BCUT2D eigenvalue weighted by molar-refractivity contribution is 7.81. The molecule has 4 fully saturated rings. The van der Waals surface area contributed by atoms with Crippen molar-refractivity contribution in [3.63, 3.8) is 0 Å². The number of carbonyl (C=O) groups excluding carboxylic acids is 2. The molecule has 368 valence electrons. The van der Waals surface area contributed by atoms with Gasteiger partial charge < -0.3 is 94.5 Å². The summed E-state index contributed by atoms with van der Waals surface area (Å²) >= 11 is 0. The van der Waals surface area contributed by atoms with Gasteiger partial charge in [0.2, 0.25) is 11.8 Å². The summed E-state index contributed by atoms with van der Waals surface area (Å²) in [6.45, 7) is 2.56. The normalized spacial score (nSPS) is 40.8. The molecule has 0 aliphatic carbocycles. The Kier molecular flexibility index (Phi) is 18.4. The second-order valence-electron chi connectivity index (χ2n) is 14.3. The molecule has 4 rings (SSSR count). The summed E-state index contributed by atoms with van der Waals surface area (Å²) in [5.41, 5.74) is 0. The number of carboxylic acids is 2. The minimum atomic E-state index is -5.32. The largest absolute Gasteiger partial charge is 0.479 e. The van der Waals surface area contributed by atoms with Gasteiger partial charge in [-0.15, -0.1) is 6.58 Å². The minimum absolute atomic E-state index is 0.312. The number of nitrogens with one attached hydrogen (secondary N) is 2. The second-order valence-corrected chi connectivity index (χ2v) is 16.5. The monoisotopic (exact) mass is 976 g/mol. The number of rotatable bonds is 19. The van der Waals surface area contributed by atoms with Crippen molar-refractivity contribution in [2.45, 2.75) is 137 Å². The van der Waals surface area contributed by atoms with Gasteiger partial charge in [-0.25, -0.2) is 18.0 Å². The second kappa shape index (κ2) is 22.0. The lowest BCUT2D eigenvalue weighted by atomic mass is 9.94. The molecule has 0 aromatic heterocycles. The van der Waals surface area contributed by atoms with Gasteiger partial charge in [0.1, 0.15) is 85.3 Å². The van der Waals surface area contributed by atoms with Crippen molar-refractivity contribution in [1.82, 2.24) is 10.6 Å². The maximum absolute atomic E-state index is 12.7. The smallest absolute Gasteiger partial charge is 0.397 e. The van der Waals surface area contributed by atoms with Gasteiger partial charge in [-0.3, -0.25) is 18.7 Å². The van der Waals surface area contributed by atoms with Crippen molar-refractivity contribution in [3.05, 3.63) is 12.7 Å². The van der Waals surface area contributed by atoms with Crippen LogP contribution in [0.2, 0.25) is 0 Å². The van der Waals surface area contributed by atoms with Crippen LogP contribution in [0.3, 0.4) is 0 Å². The van der Waals surface area contributed by atoms with Crippen LogP contribution in [0.25, 0.3) is 0 Å². The number of amides is 2. The zero-order chi connectivity index (χ0) is 48.2. The van der Waals surface area contributed by atoms with E-state index in [-0.39, 0.29) is 6.61 Å². The third kappa shape index (κ3) is 13.4. The Morgan fingerprint density at radius 2 is 0.969 bits per heavy atom. The first-order valence-electron chi connectivity index (χ1n) is 18.5. The molecule has 0 aromatic rings. The molecule has 0 spiro atoms. The van der Waals surface area contributed by atoms with E-state index in [9.17, 15) is 86.5 Å². The molecule has 20 atom stereocenters. The van der Waals surface area contributed by atoms with Crippen molar-refractivity contribution >= 4 is 44.6 Å². The first kappa shape index (κ1) is 53.4. The van der Waals surface area contributed by atoms with Crippen LogP contribution in [-0.2, 0) is 86.2 Å². The highest BCUT2D eigenvalue weighted by Gasteiger charge is 2.58. The van der Waals surface area contributed by atoms with E-state index < -0.39 is 180 Å². The van der Waals surface area contributed by atoms with E-state index in [1.54, 1.807) is 0 Å². The van der Waals surface area contributed by atoms with E-state index in [1.807, 2.05) is 0 Å². The minimum Gasteiger partial charge on any atom is -0.479 e. The van der Waals surface area contributed by atoms with Gasteiger partial charge >= 0.3 is 32.7 Å². The van der Waals surface area contributed by atoms with Gasteiger partial charge in [0.25, 0.3) is 0 Å². The molecule has 33 heteroatoms. The van der Waals surface area contributed by atoms with Crippen molar-refractivity contribution in [2.24, 2.45) is 0 Å². The number of carbonyl (C=O) groups is 4. The third-order valence-electron chi connectivity index (χ3n) is 9.70. The van der Waals surface area contributed by atoms with Crippen molar-refractivity contribution < 1.29 is 137 Å². The van der Waals surface area contributed by atoms with Crippen LogP contribution >= 0.6 is 0 Å². The number of aliphatic hydroxyl groups excluding tert-OH is 7. The van der Waals surface area contributed by atoms with Crippen LogP contribution in [-0.4, -0.2) is 238 Å². The molecule has 8 unspecified atom stereocenters. The Balaban J connectivity index is 1.70. The average Bonchev–Trinajstić information content (AvgIpc) is 3.18. The average molecular weight is 977 g/mol. The molecule has 4 saturated heterocycles. The Bertz CT molecular complexity index is 1880. The molecule has 2 amide bonds. The van der Waals surface area contributed by atoms with Gasteiger partial charge in [-0.05, 0) is 0 Å². The van der Waals surface area contributed by atoms with Crippen LogP contribution in [0.5, 0.6) is 0 Å². The molecular weight excluding hydrogens is 928 g/mol. The molecule has 0 aromatic carbocycles. The molecule has 4 aliphatic rings. The van der Waals surface area contributed by atoms with Gasteiger partial charge in [0.05, 0.1) is 19.8 Å². The SMILES string of the molecule is C=CCO[C@@H]1OC(COS(=O)(=O)O)[C@H](O)[C@H](O[C@@H]2OC(C(=O)O)[C@@H](O[C@@H]3OC(COS(=O)(=O)O)[C@H](O)[C@H](O[C@@H]4OC(C(=O)O)[C@@H](O)[C@H](O)C4O)C3NC(C)=O)[C@H](O)C2O)C1NC(C)=O. The maximum atomic E-state index is 12.7. The van der Waals surface area contributed by atoms with Gasteiger partial charge in [-0.1, -0.05) is 6.08 Å². The Morgan fingerprint density at radius 3 is 1.39 bits per heavy atom. The number of aliphatic hydroxyl groups is 7. The highest BCUT2D eigenvalue weighted by atomic mass is 32.3. The molecule has 4 heterocycles. The van der Waals surface area contributed by atoms with E-state index in [2.05, 4.69) is 25.6 Å². The molecule has 4 aliphatic heterocycles. The van der Waals surface area contributed by atoms with Gasteiger partial charge in [-0.2, -0.15) is 16.8 Å². The lowest BCUT2D eigenvalue weighted by Gasteiger charge is -2.50. The molecule has 0 radical (unpaired) electrons. The summed E-state index contributed by atoms with van der Waals surface area (Å²) in [5, 5.41) is 101. The Morgan fingerprint density at radius 1 is 0.562 bits per heavy atom. The predicted molar refractivity (Wildman–Crippen MR) is 193 cm³/mol. The molecule has 0 saturated carbocycles. The zero-order valence-electron chi connectivity index (χ0n) is 33.0. The van der Waals surface area contributed by atoms with E-state index in [0.717, 1.165) is 13.8 Å². The van der Waals surface area contributed by atoms with Crippen molar-refractivity contribution in [3.8, 4) is 0 Å². The Labute approximate surface area is 361 Å². The van der Waals surface area contributed by atoms with E-state index in [0.29, 0.717) is 0 Å². The zero-order valence-corrected chi connectivity index (χ0v) is 34.7. The fourth-order valence-electron chi connectivity index (χ4n) is 6.87. The standard InChI is InChI=1S/C31H48N2O29S2/c1-4-5-53-28-12(32-8(2)34)21(14(36)10(56-28)6-54-63(47,48)49)58-31-20(42)18(40)23(25(62-31)27(45)46)60-29-13(33-9(3)35)22(15(37)11(57-29)7-55-64(50,51)52)59-30-19(41)16(38)17(39)24(61-30)26(43)44/h4,10-25,28-31,36-42H,1,5-7H2,2-3H3,(H,32,34)(H,33,35)(H,43,44)(H,45,46)(H,47,48,49)(H,50,51,52)/t10?,11?,12?,13?,14-,15-,16-,17-,18+,19?,20?,21+,22+,23-,24?,25?,28+,29-,30+,31+/m0/s1. The third-order valence-corrected chi connectivity index (χ3v) is 10.6. The first-order valence-corrected chi connectivity index (χ1v) is 21.2. The van der Waals surface area contributed by atoms with Gasteiger partial charge in [0, 0.05) is 13.8 Å². The Hall–Kier alpha value is -3.24. The van der Waals surface area contributed by atoms with Crippen molar-refractivity contribution in [1.29, 1.82) is 0 Å². The summed E-state index contributed by atoms with van der Waals surface area (Å²) < 4.78 is 117. The van der Waals surface area contributed by atoms with E-state index in [4.69, 9.17) is 42.4 Å². The molecule has 64 heavy (non-hydrogen) atoms. The fraction of sp³-hybridized carbons (Fsp3) is 0.806. The quantitative estimate of drug-likeness (QED) is 0.0422. The van der Waals surface area contributed by atoms with Crippen LogP contribution in [0.15, 0.2) is 12.7 Å². The predicted octanol–water partition coefficient (Wildman–Crippen LogP) is -8.41. The fourth-order valence-corrected chi connectivity index (χ4v) is 7.48. The lowest BCUT2D eigenvalue weighted by Crippen LogP contribution is -2.71. The van der Waals surface area contributed by atoms with E-state index >= 15 is 0 Å². The summed E-state index contributed by atoms with van der Waals surface area (Å²) in [5.74, 6) is -5.71. The summed E-state index contributed by atoms with van der Waals surface area (Å²) in [7, 11) is -10.5. The van der Waals surface area contributed by atoms with Crippen LogP contribution in [0.1, 0.15) is 13.8 Å². The topological polar surface area (TPSA) is 475 Å². The first-order chi connectivity index (χ1) is 29.6. The summed E-state index contributed by atoms with van der Waals surface area (Å²) in [6, 6.07) is -3.63. The number of ether oxygens (including phenoxy) is 8. The number of hydrogen-bond acceptors (Lipinski definition) is 25. The summed E-state index contributed by atoms with van der Waals surface area (Å²) in [6.07, 6.45) is -38.7. The number of carboxylic acid groups (broad SMARTS) is 2. The molecule has 0 bridgehead atoms. The molecule has 13 N–H and O–H groups in total. The van der Waals surface area contributed by atoms with Crippen LogP contribution in [0.4, 0.5) is 0 Å². The van der Waals surface area contributed by atoms with Crippen LogP contribution in [0, 0.1) is 0 Å². The van der Waals surface area contributed by atoms with Gasteiger partial charge in [0.15, 0.2) is 37.4 Å². The number of aliphatic carboxylic acids is 2. The lowest BCUT2D eigenvalue weighted by molar-refractivity contribution is -0.369.